The molecule has 0 atom stereocenters. The first-order valence-corrected chi connectivity index (χ1v) is 9.96. The van der Waals surface area contributed by atoms with Crippen molar-refractivity contribution in [2.24, 2.45) is 0 Å². The van der Waals surface area contributed by atoms with E-state index in [1.807, 2.05) is 6.92 Å². The van der Waals surface area contributed by atoms with Crippen molar-refractivity contribution in [1.29, 1.82) is 0 Å². The quantitative estimate of drug-likeness (QED) is 0.171. The molecule has 133 valence electrons. The van der Waals surface area contributed by atoms with Crippen molar-refractivity contribution < 1.29 is 9.53 Å². The summed E-state index contributed by atoms with van der Waals surface area (Å²) in [7, 11) is 0. The average Bonchev–Trinajstić information content (AvgIpc) is 2.51. The summed E-state index contributed by atoms with van der Waals surface area (Å²) in [4.78, 5) is 11.2. The number of esters is 1. The second-order valence-corrected chi connectivity index (χ2v) is 6.50. The van der Waals surface area contributed by atoms with Gasteiger partial charge >= 0.3 is 5.97 Å². The maximum atomic E-state index is 11.2. The molecule has 0 aliphatic rings. The zero-order valence-electron chi connectivity index (χ0n) is 16.3. The molecule has 3 heteroatoms. The third-order valence-corrected chi connectivity index (χ3v) is 4.29. The minimum Gasteiger partial charge on any atom is -0.466 e. The molecule has 23 heavy (non-hydrogen) atoms. The van der Waals surface area contributed by atoms with Crippen LogP contribution in [0.1, 0.15) is 117 Å². The standard InChI is InChI=1S/C20H40O2.K/c1-3-5-6-7-8-9-10-11-12-13-14-15-16-17-18-19-20(21)22-4-2;/h3-19H2,1-2H3;. The Labute approximate surface area is 188 Å². The molecule has 0 amide bonds. The minimum absolute atomic E-state index is 0. The van der Waals surface area contributed by atoms with Gasteiger partial charge in [0.15, 0.2) is 0 Å². The van der Waals surface area contributed by atoms with Gasteiger partial charge in [-0.1, -0.05) is 96.8 Å². The summed E-state index contributed by atoms with van der Waals surface area (Å²) in [5.41, 5.74) is 0. The van der Waals surface area contributed by atoms with Crippen LogP contribution < -0.4 is 0 Å². The minimum atomic E-state index is -0.0304. The molecular formula is C20H40KO2. The molecule has 0 unspecified atom stereocenters. The molecule has 0 saturated heterocycles. The first kappa shape index (κ1) is 26.3. The Morgan fingerprint density at radius 1 is 0.609 bits per heavy atom. The van der Waals surface area contributed by atoms with Crippen molar-refractivity contribution in [3.8, 4) is 0 Å². The Balaban J connectivity index is 0. The SMILES string of the molecule is CCCCCCCCCCCCCCCCCC(=O)OCC.[K]. The van der Waals surface area contributed by atoms with Gasteiger partial charge in [0.2, 0.25) is 0 Å². The molecule has 0 aromatic heterocycles. The van der Waals surface area contributed by atoms with Gasteiger partial charge < -0.3 is 4.74 Å². The number of rotatable bonds is 17. The predicted molar refractivity (Wildman–Crippen MR) is 102 cm³/mol. The normalized spacial score (nSPS) is 10.3. The summed E-state index contributed by atoms with van der Waals surface area (Å²) >= 11 is 0. The van der Waals surface area contributed by atoms with Gasteiger partial charge in [0.1, 0.15) is 0 Å². The van der Waals surface area contributed by atoms with Gasteiger partial charge in [0.05, 0.1) is 6.61 Å². The van der Waals surface area contributed by atoms with Crippen molar-refractivity contribution in [1.82, 2.24) is 0 Å². The fraction of sp³-hybridized carbons (Fsp3) is 0.950. The topological polar surface area (TPSA) is 26.3 Å². The first-order valence-electron chi connectivity index (χ1n) is 9.96. The van der Waals surface area contributed by atoms with Crippen molar-refractivity contribution >= 4 is 57.4 Å². The summed E-state index contributed by atoms with van der Waals surface area (Å²) in [5.74, 6) is -0.0304. The van der Waals surface area contributed by atoms with E-state index in [4.69, 9.17) is 4.74 Å². The number of carbonyl (C=O) groups excluding carboxylic acids is 1. The van der Waals surface area contributed by atoms with E-state index in [1.165, 1.54) is 89.9 Å². The maximum absolute atomic E-state index is 11.2. The molecule has 0 aliphatic heterocycles. The van der Waals surface area contributed by atoms with E-state index in [2.05, 4.69) is 6.92 Å². The number of ether oxygens (including phenoxy) is 1. The average molecular weight is 352 g/mol. The Morgan fingerprint density at radius 3 is 1.30 bits per heavy atom. The van der Waals surface area contributed by atoms with Crippen molar-refractivity contribution in [3.05, 3.63) is 0 Å². The molecule has 0 bridgehead atoms. The molecule has 0 fully saturated rings. The molecule has 2 nitrogen and oxygen atoms in total. The molecule has 0 N–H and O–H groups in total. The van der Waals surface area contributed by atoms with Gasteiger partial charge in [0.25, 0.3) is 0 Å². The second-order valence-electron chi connectivity index (χ2n) is 6.50. The van der Waals surface area contributed by atoms with Crippen LogP contribution in [-0.2, 0) is 9.53 Å². The molecule has 0 rings (SSSR count). The number of hydrogen-bond acceptors (Lipinski definition) is 2. The fourth-order valence-corrected chi connectivity index (χ4v) is 2.87. The molecular weight excluding hydrogens is 311 g/mol. The van der Waals surface area contributed by atoms with E-state index >= 15 is 0 Å². The van der Waals surface area contributed by atoms with Gasteiger partial charge in [0, 0.05) is 57.8 Å². The Bertz CT molecular complexity index is 232. The summed E-state index contributed by atoms with van der Waals surface area (Å²) in [6.45, 7) is 4.66. The van der Waals surface area contributed by atoms with E-state index < -0.39 is 0 Å². The van der Waals surface area contributed by atoms with Crippen LogP contribution in [0.2, 0.25) is 0 Å². The number of unbranched alkanes of at least 4 members (excludes halogenated alkanes) is 14. The van der Waals surface area contributed by atoms with E-state index in [0.29, 0.717) is 13.0 Å². The third-order valence-electron chi connectivity index (χ3n) is 4.29. The molecule has 1 radical (unpaired) electrons. The summed E-state index contributed by atoms with van der Waals surface area (Å²) in [6, 6.07) is 0. The van der Waals surface area contributed by atoms with E-state index in [9.17, 15) is 4.79 Å². The van der Waals surface area contributed by atoms with Gasteiger partial charge in [-0.2, -0.15) is 0 Å². The predicted octanol–water partition coefficient (Wildman–Crippen LogP) is 6.43. The molecule has 0 aromatic rings. The van der Waals surface area contributed by atoms with Crippen LogP contribution in [0, 0.1) is 0 Å². The van der Waals surface area contributed by atoms with Crippen LogP contribution in [0.25, 0.3) is 0 Å². The monoisotopic (exact) mass is 351 g/mol. The van der Waals surface area contributed by atoms with Gasteiger partial charge in [-0.25, -0.2) is 0 Å². The van der Waals surface area contributed by atoms with E-state index in [1.54, 1.807) is 0 Å². The first-order chi connectivity index (χ1) is 10.8. The van der Waals surface area contributed by atoms with Gasteiger partial charge in [-0.05, 0) is 13.3 Å². The third kappa shape index (κ3) is 23.1. The van der Waals surface area contributed by atoms with E-state index in [0.717, 1.165) is 6.42 Å². The Hall–Kier alpha value is 1.11. The zero-order valence-corrected chi connectivity index (χ0v) is 19.5. The summed E-state index contributed by atoms with van der Waals surface area (Å²) in [6.07, 6.45) is 21.0. The van der Waals surface area contributed by atoms with Crippen LogP contribution in [-0.4, -0.2) is 64.0 Å². The van der Waals surface area contributed by atoms with Crippen LogP contribution in [0.15, 0.2) is 0 Å². The number of hydrogen-bond donors (Lipinski definition) is 0. The molecule has 0 saturated carbocycles. The van der Waals surface area contributed by atoms with Crippen LogP contribution in [0.5, 0.6) is 0 Å². The zero-order chi connectivity index (χ0) is 16.3. The Morgan fingerprint density at radius 2 is 0.957 bits per heavy atom. The fourth-order valence-electron chi connectivity index (χ4n) is 2.87. The van der Waals surface area contributed by atoms with Crippen LogP contribution >= 0.6 is 0 Å². The van der Waals surface area contributed by atoms with Crippen LogP contribution in [0.4, 0.5) is 0 Å². The van der Waals surface area contributed by atoms with Gasteiger partial charge in [-0.3, -0.25) is 4.79 Å². The molecule has 0 spiro atoms. The second kappa shape index (κ2) is 23.1. The van der Waals surface area contributed by atoms with Gasteiger partial charge in [-0.15, -0.1) is 0 Å². The summed E-state index contributed by atoms with van der Waals surface area (Å²) < 4.78 is 4.92. The summed E-state index contributed by atoms with van der Waals surface area (Å²) in [5, 5.41) is 0. The molecule has 0 aromatic carbocycles. The van der Waals surface area contributed by atoms with Crippen molar-refractivity contribution in [2.75, 3.05) is 6.61 Å². The van der Waals surface area contributed by atoms with Crippen molar-refractivity contribution in [3.63, 3.8) is 0 Å². The largest absolute Gasteiger partial charge is 0.466 e. The smallest absolute Gasteiger partial charge is 0.305 e. The van der Waals surface area contributed by atoms with E-state index in [-0.39, 0.29) is 57.4 Å². The molecule has 0 aliphatic carbocycles. The maximum Gasteiger partial charge on any atom is 0.305 e. The molecule has 0 heterocycles. The van der Waals surface area contributed by atoms with Crippen molar-refractivity contribution in [2.45, 2.75) is 117 Å². The number of carbonyl (C=O) groups is 1. The van der Waals surface area contributed by atoms with Crippen LogP contribution in [0.3, 0.4) is 0 Å². The Kier molecular flexibility index (Phi) is 26.5.